The highest BCUT2D eigenvalue weighted by Crippen LogP contribution is 2.22. The molecule has 1 saturated heterocycles. The first-order valence-corrected chi connectivity index (χ1v) is 12.2. The van der Waals surface area contributed by atoms with Gasteiger partial charge in [-0.05, 0) is 56.3 Å². The molecule has 164 valence electrons. The summed E-state index contributed by atoms with van der Waals surface area (Å²) in [5.41, 5.74) is 1.26. The number of hydrogen-bond acceptors (Lipinski definition) is 1. The normalized spacial score (nSPS) is 18.5. The van der Waals surface area contributed by atoms with Crippen molar-refractivity contribution in [3.05, 3.63) is 11.6 Å². The van der Waals surface area contributed by atoms with Gasteiger partial charge in [0.25, 0.3) is 0 Å². The molecule has 0 aromatic carbocycles. The maximum atomic E-state index is 12.4. The Hall–Kier alpha value is -0.790. The van der Waals surface area contributed by atoms with Gasteiger partial charge < -0.3 is 4.90 Å². The first-order valence-electron chi connectivity index (χ1n) is 12.2. The van der Waals surface area contributed by atoms with Gasteiger partial charge in [-0.3, -0.25) is 4.79 Å². The van der Waals surface area contributed by atoms with Gasteiger partial charge in [-0.25, -0.2) is 0 Å². The van der Waals surface area contributed by atoms with Gasteiger partial charge in [-0.2, -0.15) is 0 Å². The molecule has 0 aromatic rings. The predicted octanol–water partition coefficient (Wildman–Crippen LogP) is 7.63. The number of piperidine rings is 1. The maximum absolute atomic E-state index is 12.4. The number of carbonyl (C=O) groups is 1. The third-order valence-corrected chi connectivity index (χ3v) is 6.61. The minimum Gasteiger partial charge on any atom is -0.339 e. The van der Waals surface area contributed by atoms with E-state index >= 15 is 0 Å². The van der Waals surface area contributed by atoms with Crippen molar-refractivity contribution in [3.63, 3.8) is 0 Å². The number of amides is 1. The van der Waals surface area contributed by atoms with Crippen LogP contribution in [0.15, 0.2) is 11.6 Å². The van der Waals surface area contributed by atoms with Gasteiger partial charge in [-0.15, -0.1) is 0 Å². The van der Waals surface area contributed by atoms with E-state index in [-0.39, 0.29) is 5.91 Å². The second kappa shape index (κ2) is 14.2. The molecule has 0 radical (unpaired) electrons. The van der Waals surface area contributed by atoms with Crippen molar-refractivity contribution >= 4 is 5.91 Å². The topological polar surface area (TPSA) is 20.3 Å². The maximum Gasteiger partial charge on any atom is 0.246 e. The highest BCUT2D eigenvalue weighted by molar-refractivity contribution is 5.88. The highest BCUT2D eigenvalue weighted by atomic mass is 16.2. The lowest BCUT2D eigenvalue weighted by Gasteiger charge is -2.29. The molecule has 2 atom stereocenters. The Balaban J connectivity index is 2.11. The van der Waals surface area contributed by atoms with E-state index in [1.807, 2.05) is 11.0 Å². The van der Waals surface area contributed by atoms with Crippen LogP contribution in [-0.2, 0) is 4.79 Å². The van der Waals surface area contributed by atoms with E-state index in [9.17, 15) is 4.79 Å². The summed E-state index contributed by atoms with van der Waals surface area (Å²) in [4.78, 5) is 14.4. The molecule has 0 aromatic heterocycles. The van der Waals surface area contributed by atoms with Crippen LogP contribution in [0.5, 0.6) is 0 Å². The van der Waals surface area contributed by atoms with E-state index in [1.165, 1.54) is 56.9 Å². The number of allylic oxidation sites excluding steroid dienone is 1. The van der Waals surface area contributed by atoms with Crippen molar-refractivity contribution in [2.75, 3.05) is 13.1 Å². The third kappa shape index (κ3) is 11.9. The minimum absolute atomic E-state index is 0.240. The molecule has 0 saturated carbocycles. The van der Waals surface area contributed by atoms with Crippen molar-refractivity contribution in [2.24, 2.45) is 23.7 Å². The summed E-state index contributed by atoms with van der Waals surface area (Å²) in [6, 6.07) is 0. The molecule has 0 spiro atoms. The van der Waals surface area contributed by atoms with Gasteiger partial charge >= 0.3 is 0 Å². The van der Waals surface area contributed by atoms with Gasteiger partial charge in [-0.1, -0.05) is 85.1 Å². The SMILES string of the molecule is CC(=CC(=O)N1CCC(C)CC1)CCCC(C)CCCC(C)CCCC(C)C. The van der Waals surface area contributed by atoms with Crippen LogP contribution in [0.1, 0.15) is 112 Å². The molecule has 2 nitrogen and oxygen atoms in total. The highest BCUT2D eigenvalue weighted by Gasteiger charge is 2.18. The molecule has 28 heavy (non-hydrogen) atoms. The van der Waals surface area contributed by atoms with E-state index in [1.54, 1.807) is 0 Å². The average Bonchev–Trinajstić information content (AvgIpc) is 2.61. The molecular weight excluding hydrogens is 342 g/mol. The lowest BCUT2D eigenvalue weighted by atomic mass is 9.91. The summed E-state index contributed by atoms with van der Waals surface area (Å²) in [5, 5.41) is 0. The molecule has 0 N–H and O–H groups in total. The fourth-order valence-corrected chi connectivity index (χ4v) is 4.31. The van der Waals surface area contributed by atoms with Crippen LogP contribution < -0.4 is 0 Å². The van der Waals surface area contributed by atoms with Gasteiger partial charge in [0.1, 0.15) is 0 Å². The molecule has 2 unspecified atom stereocenters. The summed E-state index contributed by atoms with van der Waals surface area (Å²) < 4.78 is 0. The van der Waals surface area contributed by atoms with Gasteiger partial charge in [0.05, 0.1) is 0 Å². The Kier molecular flexibility index (Phi) is 12.8. The Morgan fingerprint density at radius 3 is 1.93 bits per heavy atom. The quantitative estimate of drug-likeness (QED) is 0.295. The first-order chi connectivity index (χ1) is 13.3. The van der Waals surface area contributed by atoms with Crippen molar-refractivity contribution in [1.82, 2.24) is 4.90 Å². The molecule has 1 amide bonds. The van der Waals surface area contributed by atoms with E-state index < -0.39 is 0 Å². The molecule has 0 bridgehead atoms. The largest absolute Gasteiger partial charge is 0.339 e. The minimum atomic E-state index is 0.240. The Bertz CT molecular complexity index is 445. The lowest BCUT2D eigenvalue weighted by molar-refractivity contribution is -0.127. The smallest absolute Gasteiger partial charge is 0.246 e. The lowest BCUT2D eigenvalue weighted by Crippen LogP contribution is -2.37. The summed E-state index contributed by atoms with van der Waals surface area (Å²) in [6.45, 7) is 15.8. The van der Waals surface area contributed by atoms with Crippen LogP contribution in [0.3, 0.4) is 0 Å². The summed E-state index contributed by atoms with van der Waals surface area (Å²) in [7, 11) is 0. The van der Waals surface area contributed by atoms with Crippen LogP contribution >= 0.6 is 0 Å². The van der Waals surface area contributed by atoms with E-state index in [2.05, 4.69) is 41.5 Å². The van der Waals surface area contributed by atoms with E-state index in [0.29, 0.717) is 0 Å². The molecule has 0 aliphatic carbocycles. The number of hydrogen-bond donors (Lipinski definition) is 0. The van der Waals surface area contributed by atoms with Crippen molar-refractivity contribution in [1.29, 1.82) is 0 Å². The average molecular weight is 392 g/mol. The van der Waals surface area contributed by atoms with Crippen LogP contribution in [0.4, 0.5) is 0 Å². The molecule has 1 rings (SSSR count). The summed E-state index contributed by atoms with van der Waals surface area (Å²) in [6.07, 6.45) is 16.1. The predicted molar refractivity (Wildman–Crippen MR) is 123 cm³/mol. The number of nitrogens with zero attached hydrogens (tertiary/aromatic N) is 1. The van der Waals surface area contributed by atoms with Gasteiger partial charge in [0, 0.05) is 19.2 Å². The number of carbonyl (C=O) groups excluding carboxylic acids is 1. The van der Waals surface area contributed by atoms with Crippen LogP contribution in [0, 0.1) is 23.7 Å². The Morgan fingerprint density at radius 2 is 1.39 bits per heavy atom. The number of likely N-dealkylation sites (tertiary alicyclic amines) is 1. The standard InChI is InChI=1S/C26H49NO/c1-21(2)10-7-11-22(3)12-8-13-23(4)14-9-15-25(6)20-26(28)27-18-16-24(5)17-19-27/h20-24H,7-19H2,1-6H3. The zero-order valence-electron chi connectivity index (χ0n) is 19.9. The molecule has 2 heteroatoms. The zero-order chi connectivity index (χ0) is 20.9. The van der Waals surface area contributed by atoms with Gasteiger partial charge in [0.2, 0.25) is 5.91 Å². The van der Waals surface area contributed by atoms with E-state index in [4.69, 9.17) is 0 Å². The van der Waals surface area contributed by atoms with Crippen LogP contribution in [0.25, 0.3) is 0 Å². The molecule has 1 aliphatic rings. The van der Waals surface area contributed by atoms with Crippen molar-refractivity contribution < 1.29 is 4.79 Å². The zero-order valence-corrected chi connectivity index (χ0v) is 19.9. The fourth-order valence-electron chi connectivity index (χ4n) is 4.31. The number of rotatable bonds is 13. The Labute approximate surface area is 176 Å². The summed E-state index contributed by atoms with van der Waals surface area (Å²) >= 11 is 0. The first kappa shape index (κ1) is 25.2. The molecule has 1 aliphatic heterocycles. The van der Waals surface area contributed by atoms with Crippen LogP contribution in [0.2, 0.25) is 0 Å². The van der Waals surface area contributed by atoms with Crippen LogP contribution in [-0.4, -0.2) is 23.9 Å². The molecule has 1 heterocycles. The van der Waals surface area contributed by atoms with Gasteiger partial charge in [0.15, 0.2) is 0 Å². The fraction of sp³-hybridized carbons (Fsp3) is 0.885. The second-order valence-electron chi connectivity index (χ2n) is 10.4. The third-order valence-electron chi connectivity index (χ3n) is 6.61. The monoisotopic (exact) mass is 391 g/mol. The molecular formula is C26H49NO. The Morgan fingerprint density at radius 1 is 0.893 bits per heavy atom. The molecule has 1 fully saturated rings. The van der Waals surface area contributed by atoms with E-state index in [0.717, 1.165) is 56.0 Å². The van der Waals surface area contributed by atoms with Crippen molar-refractivity contribution in [3.8, 4) is 0 Å². The second-order valence-corrected chi connectivity index (χ2v) is 10.4. The van der Waals surface area contributed by atoms with Crippen molar-refractivity contribution in [2.45, 2.75) is 112 Å². The summed E-state index contributed by atoms with van der Waals surface area (Å²) in [5.74, 6) is 3.57.